The molecule has 0 bridgehead atoms. The molecule has 0 aliphatic carbocycles. The van der Waals surface area contributed by atoms with Gasteiger partial charge < -0.3 is 10.1 Å². The lowest BCUT2D eigenvalue weighted by atomic mass is 10.1. The Morgan fingerprint density at radius 2 is 1.89 bits per heavy atom. The summed E-state index contributed by atoms with van der Waals surface area (Å²) in [5.74, 6) is 0.707. The fourth-order valence-corrected chi connectivity index (χ4v) is 1.71. The first-order valence-electron chi connectivity index (χ1n) is 6.34. The summed E-state index contributed by atoms with van der Waals surface area (Å²) >= 11 is 0. The zero-order valence-corrected chi connectivity index (χ0v) is 12.2. The lowest BCUT2D eigenvalue weighted by Gasteiger charge is -2.20. The summed E-state index contributed by atoms with van der Waals surface area (Å²) in [4.78, 5) is 10.4. The molecule has 0 aliphatic rings. The van der Waals surface area contributed by atoms with E-state index in [1.54, 1.807) is 19.1 Å². The molecule has 106 valence electrons. The summed E-state index contributed by atoms with van der Waals surface area (Å²) in [6, 6.07) is 3.28. The van der Waals surface area contributed by atoms with Crippen LogP contribution in [0.25, 0.3) is 0 Å². The van der Waals surface area contributed by atoms with Crippen molar-refractivity contribution < 1.29 is 9.66 Å². The molecule has 5 heteroatoms. The molecule has 19 heavy (non-hydrogen) atoms. The average molecular weight is 266 g/mol. The standard InChI is InChI=1S/C14H22N2O3/c1-10-9-13(11(2)8-12(10)16(17)18)19-7-6-15-14(3,4)5/h8-9,15H,6-7H2,1-5H3. The Hall–Kier alpha value is -1.62. The van der Waals surface area contributed by atoms with Crippen LogP contribution in [-0.2, 0) is 0 Å². The molecule has 0 radical (unpaired) electrons. The molecule has 0 spiro atoms. The molecule has 0 amide bonds. The fourth-order valence-electron chi connectivity index (χ4n) is 1.71. The number of nitro benzene ring substituents is 1. The average Bonchev–Trinajstić information content (AvgIpc) is 2.26. The summed E-state index contributed by atoms with van der Waals surface area (Å²) in [7, 11) is 0. The Labute approximate surface area is 114 Å². The molecular weight excluding hydrogens is 244 g/mol. The van der Waals surface area contributed by atoms with Crippen LogP contribution in [0.5, 0.6) is 5.75 Å². The Morgan fingerprint density at radius 3 is 2.42 bits per heavy atom. The van der Waals surface area contributed by atoms with Gasteiger partial charge in [0.2, 0.25) is 0 Å². The van der Waals surface area contributed by atoms with Gasteiger partial charge in [-0.05, 0) is 46.2 Å². The fraction of sp³-hybridized carbons (Fsp3) is 0.571. The number of nitrogens with zero attached hydrogens (tertiary/aromatic N) is 1. The van der Waals surface area contributed by atoms with E-state index in [0.717, 1.165) is 12.1 Å². The molecule has 0 atom stereocenters. The lowest BCUT2D eigenvalue weighted by molar-refractivity contribution is -0.385. The van der Waals surface area contributed by atoms with Gasteiger partial charge in [-0.25, -0.2) is 0 Å². The number of nitrogens with one attached hydrogen (secondary N) is 1. The highest BCUT2D eigenvalue weighted by Crippen LogP contribution is 2.27. The number of nitro groups is 1. The SMILES string of the molecule is Cc1cc([N+](=O)[O-])c(C)cc1OCCNC(C)(C)C. The van der Waals surface area contributed by atoms with E-state index < -0.39 is 0 Å². The largest absolute Gasteiger partial charge is 0.492 e. The molecule has 0 heterocycles. The molecule has 1 aromatic rings. The molecule has 0 aromatic heterocycles. The number of aryl methyl sites for hydroxylation is 2. The van der Waals surface area contributed by atoms with Gasteiger partial charge in [-0.2, -0.15) is 0 Å². The molecule has 0 aliphatic heterocycles. The Balaban J connectivity index is 2.65. The molecule has 1 rings (SSSR count). The van der Waals surface area contributed by atoms with E-state index in [9.17, 15) is 10.1 Å². The van der Waals surface area contributed by atoms with E-state index in [2.05, 4.69) is 26.1 Å². The summed E-state index contributed by atoms with van der Waals surface area (Å²) in [5, 5.41) is 14.1. The topological polar surface area (TPSA) is 64.4 Å². The minimum absolute atomic E-state index is 0.0593. The van der Waals surface area contributed by atoms with Crippen LogP contribution in [0.1, 0.15) is 31.9 Å². The van der Waals surface area contributed by atoms with Crippen molar-refractivity contribution in [2.45, 2.75) is 40.2 Å². The minimum Gasteiger partial charge on any atom is -0.492 e. The van der Waals surface area contributed by atoms with Crippen LogP contribution in [0, 0.1) is 24.0 Å². The van der Waals surface area contributed by atoms with Gasteiger partial charge in [-0.3, -0.25) is 10.1 Å². The van der Waals surface area contributed by atoms with Crippen LogP contribution in [0.15, 0.2) is 12.1 Å². The van der Waals surface area contributed by atoms with Crippen LogP contribution in [0.2, 0.25) is 0 Å². The van der Waals surface area contributed by atoms with Crippen LogP contribution in [0.4, 0.5) is 5.69 Å². The highest BCUT2D eigenvalue weighted by molar-refractivity contribution is 5.49. The first kappa shape index (κ1) is 15.4. The van der Waals surface area contributed by atoms with Crippen LogP contribution < -0.4 is 10.1 Å². The maximum Gasteiger partial charge on any atom is 0.272 e. The number of rotatable bonds is 5. The van der Waals surface area contributed by atoms with Crippen molar-refractivity contribution in [2.24, 2.45) is 0 Å². The van der Waals surface area contributed by atoms with Crippen molar-refractivity contribution >= 4 is 5.69 Å². The van der Waals surface area contributed by atoms with Crippen molar-refractivity contribution in [2.75, 3.05) is 13.2 Å². The molecule has 0 unspecified atom stereocenters. The van der Waals surface area contributed by atoms with E-state index in [4.69, 9.17) is 4.74 Å². The van der Waals surface area contributed by atoms with E-state index in [-0.39, 0.29) is 16.1 Å². The van der Waals surface area contributed by atoms with Gasteiger partial charge in [0.15, 0.2) is 0 Å². The van der Waals surface area contributed by atoms with E-state index in [0.29, 0.717) is 17.9 Å². The lowest BCUT2D eigenvalue weighted by Crippen LogP contribution is -2.38. The first-order chi connectivity index (χ1) is 8.70. The second-order valence-corrected chi connectivity index (χ2v) is 5.69. The highest BCUT2D eigenvalue weighted by atomic mass is 16.6. The number of hydrogen-bond donors (Lipinski definition) is 1. The molecule has 0 saturated heterocycles. The van der Waals surface area contributed by atoms with Crippen LogP contribution >= 0.6 is 0 Å². The second kappa shape index (κ2) is 6.02. The summed E-state index contributed by atoms with van der Waals surface area (Å²) in [6.07, 6.45) is 0. The van der Waals surface area contributed by atoms with E-state index >= 15 is 0 Å². The van der Waals surface area contributed by atoms with Gasteiger partial charge in [-0.15, -0.1) is 0 Å². The monoisotopic (exact) mass is 266 g/mol. The van der Waals surface area contributed by atoms with Crippen LogP contribution in [-0.4, -0.2) is 23.6 Å². The number of hydrogen-bond acceptors (Lipinski definition) is 4. The second-order valence-electron chi connectivity index (χ2n) is 5.69. The normalized spacial score (nSPS) is 11.4. The van der Waals surface area contributed by atoms with Crippen molar-refractivity contribution in [3.05, 3.63) is 33.4 Å². The van der Waals surface area contributed by atoms with Crippen molar-refractivity contribution in [3.63, 3.8) is 0 Å². The van der Waals surface area contributed by atoms with E-state index in [1.807, 2.05) is 6.92 Å². The third-order valence-electron chi connectivity index (χ3n) is 2.71. The van der Waals surface area contributed by atoms with Gasteiger partial charge in [0.05, 0.1) is 4.92 Å². The third kappa shape index (κ3) is 4.87. The van der Waals surface area contributed by atoms with E-state index in [1.165, 1.54) is 0 Å². The van der Waals surface area contributed by atoms with Crippen molar-refractivity contribution in [1.29, 1.82) is 0 Å². The first-order valence-corrected chi connectivity index (χ1v) is 6.34. The molecule has 0 saturated carbocycles. The molecule has 0 fully saturated rings. The predicted octanol–water partition coefficient (Wildman–Crippen LogP) is 2.98. The highest BCUT2D eigenvalue weighted by Gasteiger charge is 2.14. The predicted molar refractivity (Wildman–Crippen MR) is 75.8 cm³/mol. The van der Waals surface area contributed by atoms with Gasteiger partial charge in [0.1, 0.15) is 12.4 Å². The Bertz CT molecular complexity index is 464. The maximum atomic E-state index is 10.8. The minimum atomic E-state index is -0.368. The maximum absolute atomic E-state index is 10.8. The molecule has 1 N–H and O–H groups in total. The van der Waals surface area contributed by atoms with Gasteiger partial charge in [0, 0.05) is 23.7 Å². The zero-order valence-electron chi connectivity index (χ0n) is 12.2. The van der Waals surface area contributed by atoms with Crippen molar-refractivity contribution in [1.82, 2.24) is 5.32 Å². The van der Waals surface area contributed by atoms with Gasteiger partial charge in [0.25, 0.3) is 5.69 Å². The third-order valence-corrected chi connectivity index (χ3v) is 2.71. The smallest absolute Gasteiger partial charge is 0.272 e. The Kier molecular flexibility index (Phi) is 4.89. The molecular formula is C14H22N2O3. The molecule has 5 nitrogen and oxygen atoms in total. The number of benzene rings is 1. The van der Waals surface area contributed by atoms with Gasteiger partial charge >= 0.3 is 0 Å². The molecule has 1 aromatic carbocycles. The van der Waals surface area contributed by atoms with Gasteiger partial charge in [-0.1, -0.05) is 0 Å². The zero-order chi connectivity index (χ0) is 14.6. The Morgan fingerprint density at radius 1 is 1.26 bits per heavy atom. The summed E-state index contributed by atoms with van der Waals surface area (Å²) in [5.41, 5.74) is 1.60. The number of ether oxygens (including phenoxy) is 1. The van der Waals surface area contributed by atoms with Crippen LogP contribution in [0.3, 0.4) is 0 Å². The quantitative estimate of drug-likeness (QED) is 0.505. The summed E-state index contributed by atoms with van der Waals surface area (Å²) < 4.78 is 5.66. The summed E-state index contributed by atoms with van der Waals surface area (Å²) in [6.45, 7) is 11.1. The van der Waals surface area contributed by atoms with Crippen molar-refractivity contribution in [3.8, 4) is 5.75 Å².